The Balaban J connectivity index is 3.00. The topological polar surface area (TPSA) is 102 Å². The normalized spacial score (nSPS) is 11.2. The minimum absolute atomic E-state index is 0.0218. The van der Waals surface area contributed by atoms with Crippen LogP contribution in [0.4, 0.5) is 14.5 Å². The molecule has 0 radical (unpaired) electrons. The molecule has 0 aromatic heterocycles. The number of hydrogen-bond acceptors (Lipinski definition) is 5. The van der Waals surface area contributed by atoms with E-state index in [9.17, 15) is 22.0 Å². The van der Waals surface area contributed by atoms with Gasteiger partial charge in [-0.15, -0.1) is 0 Å². The number of carboxylic acids is 1. The molecule has 0 unspecified atom stereocenters. The highest BCUT2D eigenvalue weighted by Gasteiger charge is 2.17. The number of aliphatic carboxylic acids is 1. The number of sulfonamides is 1. The van der Waals surface area contributed by atoms with Gasteiger partial charge in [-0.1, -0.05) is 0 Å². The minimum atomic E-state index is -4.13. The van der Waals surface area contributed by atoms with Crippen LogP contribution in [0.5, 0.6) is 11.5 Å². The SMILES string of the molecule is COc1ccc(NS(=O)(=O)CC(=O)O)cc1OC(F)F. The van der Waals surface area contributed by atoms with Gasteiger partial charge in [0.05, 0.1) is 12.8 Å². The first kappa shape index (κ1) is 16.0. The summed E-state index contributed by atoms with van der Waals surface area (Å²) in [5, 5.41) is 8.42. The third kappa shape index (κ3) is 4.88. The molecule has 0 bridgehead atoms. The molecule has 0 aliphatic rings. The minimum Gasteiger partial charge on any atom is -0.493 e. The lowest BCUT2D eigenvalue weighted by Gasteiger charge is -2.12. The van der Waals surface area contributed by atoms with Crippen LogP contribution in [0.25, 0.3) is 0 Å². The number of rotatable bonds is 7. The zero-order valence-corrected chi connectivity index (χ0v) is 11.0. The molecule has 0 aliphatic carbocycles. The zero-order chi connectivity index (χ0) is 15.3. The average molecular weight is 311 g/mol. The van der Waals surface area contributed by atoms with Crippen LogP contribution in [0.1, 0.15) is 0 Å². The van der Waals surface area contributed by atoms with Crippen molar-refractivity contribution >= 4 is 21.7 Å². The molecule has 1 aromatic carbocycles. The second-order valence-electron chi connectivity index (χ2n) is 3.50. The van der Waals surface area contributed by atoms with Gasteiger partial charge in [0, 0.05) is 6.07 Å². The fraction of sp³-hybridized carbons (Fsp3) is 0.300. The molecule has 0 spiro atoms. The van der Waals surface area contributed by atoms with Crippen molar-refractivity contribution in [1.82, 2.24) is 0 Å². The van der Waals surface area contributed by atoms with Gasteiger partial charge in [0.1, 0.15) is 0 Å². The number of nitrogens with one attached hydrogen (secondary N) is 1. The van der Waals surface area contributed by atoms with E-state index in [2.05, 4.69) is 4.74 Å². The summed E-state index contributed by atoms with van der Waals surface area (Å²) in [5.41, 5.74) is -0.122. The second kappa shape index (κ2) is 6.37. The summed E-state index contributed by atoms with van der Waals surface area (Å²) in [6.45, 7) is -3.12. The number of alkyl halides is 2. The van der Waals surface area contributed by atoms with Crippen LogP contribution in [-0.4, -0.2) is 39.0 Å². The standard InChI is InChI=1S/C10H11F2NO6S/c1-18-7-3-2-6(4-8(7)19-10(11)12)13-20(16,17)5-9(14)15/h2-4,10,13H,5H2,1H3,(H,14,15). The largest absolute Gasteiger partial charge is 0.493 e. The van der Waals surface area contributed by atoms with Crippen molar-refractivity contribution in [3.63, 3.8) is 0 Å². The lowest BCUT2D eigenvalue weighted by atomic mass is 10.3. The predicted octanol–water partition coefficient (Wildman–Crippen LogP) is 1.12. The number of ether oxygens (including phenoxy) is 2. The van der Waals surface area contributed by atoms with Crippen LogP contribution in [0.3, 0.4) is 0 Å². The van der Waals surface area contributed by atoms with E-state index in [1.807, 2.05) is 4.72 Å². The van der Waals surface area contributed by atoms with Gasteiger partial charge in [0.2, 0.25) is 10.0 Å². The van der Waals surface area contributed by atoms with Crippen molar-refractivity contribution in [2.24, 2.45) is 0 Å². The highest BCUT2D eigenvalue weighted by Crippen LogP contribution is 2.31. The smallest absolute Gasteiger partial charge is 0.387 e. The third-order valence-corrected chi connectivity index (χ3v) is 3.14. The first-order chi connectivity index (χ1) is 9.23. The first-order valence-electron chi connectivity index (χ1n) is 5.08. The third-order valence-electron chi connectivity index (χ3n) is 1.97. The molecule has 112 valence electrons. The second-order valence-corrected chi connectivity index (χ2v) is 5.22. The van der Waals surface area contributed by atoms with E-state index in [1.54, 1.807) is 0 Å². The van der Waals surface area contributed by atoms with Crippen LogP contribution in [0.15, 0.2) is 18.2 Å². The highest BCUT2D eigenvalue weighted by atomic mass is 32.2. The molecule has 2 N–H and O–H groups in total. The van der Waals surface area contributed by atoms with E-state index >= 15 is 0 Å². The number of halogens is 2. The van der Waals surface area contributed by atoms with Crippen molar-refractivity contribution in [3.8, 4) is 11.5 Å². The lowest BCUT2D eigenvalue weighted by molar-refractivity contribution is -0.134. The highest BCUT2D eigenvalue weighted by molar-refractivity contribution is 7.93. The van der Waals surface area contributed by atoms with Crippen molar-refractivity contribution in [1.29, 1.82) is 0 Å². The van der Waals surface area contributed by atoms with Gasteiger partial charge in [0.25, 0.3) is 0 Å². The predicted molar refractivity (Wildman–Crippen MR) is 64.7 cm³/mol. The fourth-order valence-electron chi connectivity index (χ4n) is 1.31. The molecule has 20 heavy (non-hydrogen) atoms. The van der Waals surface area contributed by atoms with Gasteiger partial charge in [-0.2, -0.15) is 8.78 Å². The number of anilines is 1. The summed E-state index contributed by atoms with van der Waals surface area (Å²) in [5.74, 6) is -3.09. The Morgan fingerprint density at radius 1 is 1.40 bits per heavy atom. The lowest BCUT2D eigenvalue weighted by Crippen LogP contribution is -2.22. The number of carbonyl (C=O) groups is 1. The van der Waals surface area contributed by atoms with Crippen LogP contribution in [0.2, 0.25) is 0 Å². The Kier molecular flexibility index (Phi) is 5.08. The Hall–Kier alpha value is -2.10. The molecule has 0 saturated carbocycles. The summed E-state index contributed by atoms with van der Waals surface area (Å²) < 4.78 is 58.0. The van der Waals surface area contributed by atoms with E-state index < -0.39 is 28.4 Å². The van der Waals surface area contributed by atoms with Crippen LogP contribution < -0.4 is 14.2 Å². The molecular formula is C10H11F2NO6S. The van der Waals surface area contributed by atoms with E-state index in [1.165, 1.54) is 19.2 Å². The van der Waals surface area contributed by atoms with Crippen molar-refractivity contribution < 1.29 is 36.6 Å². The Bertz CT molecular complexity index is 589. The molecule has 1 rings (SSSR count). The van der Waals surface area contributed by atoms with Gasteiger partial charge in [0.15, 0.2) is 17.3 Å². The monoisotopic (exact) mass is 311 g/mol. The fourth-order valence-corrected chi connectivity index (χ4v) is 2.19. The molecule has 1 aromatic rings. The summed E-state index contributed by atoms with van der Waals surface area (Å²) in [4.78, 5) is 10.4. The summed E-state index contributed by atoms with van der Waals surface area (Å²) in [7, 11) is -2.91. The Morgan fingerprint density at radius 3 is 2.55 bits per heavy atom. The maximum atomic E-state index is 12.2. The number of hydrogen-bond donors (Lipinski definition) is 2. The quantitative estimate of drug-likeness (QED) is 0.782. The molecule has 7 nitrogen and oxygen atoms in total. The number of carboxylic acid groups (broad SMARTS) is 1. The zero-order valence-electron chi connectivity index (χ0n) is 10.2. The Morgan fingerprint density at radius 2 is 2.05 bits per heavy atom. The molecule has 0 aliphatic heterocycles. The van der Waals surface area contributed by atoms with Gasteiger partial charge >= 0.3 is 12.6 Å². The first-order valence-corrected chi connectivity index (χ1v) is 6.74. The molecule has 0 atom stereocenters. The maximum absolute atomic E-state index is 12.2. The summed E-state index contributed by atoms with van der Waals surface area (Å²) >= 11 is 0. The molecule has 10 heteroatoms. The van der Waals surface area contributed by atoms with Crippen LogP contribution in [0, 0.1) is 0 Å². The van der Waals surface area contributed by atoms with Crippen molar-refractivity contribution in [2.45, 2.75) is 6.61 Å². The molecule has 0 fully saturated rings. The molecular weight excluding hydrogens is 300 g/mol. The maximum Gasteiger partial charge on any atom is 0.387 e. The summed E-state index contributed by atoms with van der Waals surface area (Å²) in [6.07, 6.45) is 0. The van der Waals surface area contributed by atoms with Crippen LogP contribution in [-0.2, 0) is 14.8 Å². The van der Waals surface area contributed by atoms with Gasteiger partial charge in [-0.3, -0.25) is 9.52 Å². The molecule has 0 saturated heterocycles. The van der Waals surface area contributed by atoms with E-state index in [4.69, 9.17) is 9.84 Å². The van der Waals surface area contributed by atoms with Gasteiger partial charge in [-0.25, -0.2) is 8.42 Å². The average Bonchev–Trinajstić information content (AvgIpc) is 2.25. The van der Waals surface area contributed by atoms with Crippen LogP contribution >= 0.6 is 0 Å². The Labute approximate surface area is 113 Å². The number of benzene rings is 1. The van der Waals surface area contributed by atoms with Crippen molar-refractivity contribution in [2.75, 3.05) is 17.6 Å². The van der Waals surface area contributed by atoms with E-state index in [0.29, 0.717) is 0 Å². The van der Waals surface area contributed by atoms with Gasteiger partial charge in [-0.05, 0) is 12.1 Å². The van der Waals surface area contributed by atoms with E-state index in [-0.39, 0.29) is 17.2 Å². The summed E-state index contributed by atoms with van der Waals surface area (Å²) in [6, 6.07) is 3.39. The number of methoxy groups -OCH3 is 1. The molecule has 0 heterocycles. The molecule has 0 amide bonds. The van der Waals surface area contributed by atoms with Crippen molar-refractivity contribution in [3.05, 3.63) is 18.2 Å². The van der Waals surface area contributed by atoms with Gasteiger partial charge < -0.3 is 14.6 Å². The van der Waals surface area contributed by atoms with E-state index in [0.717, 1.165) is 6.07 Å².